The van der Waals surface area contributed by atoms with Gasteiger partial charge in [0.1, 0.15) is 0 Å². The largest absolute Gasteiger partial charge is 0.348 e. The zero-order chi connectivity index (χ0) is 15.9. The standard InChI is InChI=1S/C16H24N4O2/c1-3-5-7-9-12-14-13(11-17-19-15(14)21)20(16(22)18-12)10-8-6-4-2/h11H,3-10H2,1-2H3,(H,19,21). The monoisotopic (exact) mass is 304 g/mol. The Morgan fingerprint density at radius 2 is 1.82 bits per heavy atom. The van der Waals surface area contributed by atoms with Gasteiger partial charge in [0, 0.05) is 6.54 Å². The molecule has 2 heterocycles. The Labute approximate surface area is 129 Å². The Balaban J connectivity index is 2.48. The second kappa shape index (κ2) is 7.87. The van der Waals surface area contributed by atoms with Gasteiger partial charge in [-0.2, -0.15) is 10.1 Å². The molecule has 2 aromatic heterocycles. The molecule has 2 rings (SSSR count). The predicted octanol–water partition coefficient (Wildman–Crippen LogP) is 2.40. The lowest BCUT2D eigenvalue weighted by Crippen LogP contribution is -2.28. The molecule has 0 fully saturated rings. The highest BCUT2D eigenvalue weighted by molar-refractivity contribution is 5.79. The Morgan fingerprint density at radius 1 is 1.09 bits per heavy atom. The average molecular weight is 304 g/mol. The van der Waals surface area contributed by atoms with Crippen LogP contribution in [0.2, 0.25) is 0 Å². The van der Waals surface area contributed by atoms with Crippen LogP contribution in [-0.4, -0.2) is 19.7 Å². The first-order valence-electron chi connectivity index (χ1n) is 8.16. The van der Waals surface area contributed by atoms with Crippen LogP contribution in [0.3, 0.4) is 0 Å². The summed E-state index contributed by atoms with van der Waals surface area (Å²) in [5, 5.41) is 6.83. The van der Waals surface area contributed by atoms with Crippen molar-refractivity contribution in [3.05, 3.63) is 32.7 Å². The summed E-state index contributed by atoms with van der Waals surface area (Å²) in [6.45, 7) is 4.81. The molecule has 0 atom stereocenters. The van der Waals surface area contributed by atoms with E-state index in [-0.39, 0.29) is 11.2 Å². The van der Waals surface area contributed by atoms with Crippen LogP contribution in [0.25, 0.3) is 10.9 Å². The maximum absolute atomic E-state index is 12.3. The smallest absolute Gasteiger partial charge is 0.290 e. The van der Waals surface area contributed by atoms with Crippen LogP contribution < -0.4 is 11.2 Å². The SMILES string of the molecule is CCCCCc1nc(=O)n(CCCCC)c2cn[nH]c(=O)c12. The second-order valence-corrected chi connectivity index (χ2v) is 5.62. The lowest BCUT2D eigenvalue weighted by molar-refractivity contribution is 0.587. The quantitative estimate of drug-likeness (QED) is 0.759. The van der Waals surface area contributed by atoms with E-state index in [1.807, 2.05) is 0 Å². The van der Waals surface area contributed by atoms with E-state index in [1.165, 1.54) is 0 Å². The summed E-state index contributed by atoms with van der Waals surface area (Å²) in [5.74, 6) is 0. The van der Waals surface area contributed by atoms with Crippen LogP contribution in [0.5, 0.6) is 0 Å². The lowest BCUT2D eigenvalue weighted by Gasteiger charge is -2.11. The molecule has 0 aromatic carbocycles. The first-order chi connectivity index (χ1) is 10.7. The highest BCUT2D eigenvalue weighted by atomic mass is 16.1. The molecule has 0 aliphatic heterocycles. The third kappa shape index (κ3) is 3.61. The van der Waals surface area contributed by atoms with Gasteiger partial charge in [-0.25, -0.2) is 9.89 Å². The topological polar surface area (TPSA) is 80.6 Å². The molecule has 6 heteroatoms. The molecule has 2 aromatic rings. The van der Waals surface area contributed by atoms with E-state index in [2.05, 4.69) is 29.0 Å². The van der Waals surface area contributed by atoms with Crippen molar-refractivity contribution >= 4 is 10.9 Å². The molecule has 0 aliphatic carbocycles. The van der Waals surface area contributed by atoms with Gasteiger partial charge in [0.25, 0.3) is 5.56 Å². The molecule has 1 N–H and O–H groups in total. The summed E-state index contributed by atoms with van der Waals surface area (Å²) in [4.78, 5) is 28.6. The van der Waals surface area contributed by atoms with E-state index in [1.54, 1.807) is 10.8 Å². The van der Waals surface area contributed by atoms with Crippen molar-refractivity contribution in [3.8, 4) is 0 Å². The molecule has 0 bridgehead atoms. The van der Waals surface area contributed by atoms with Gasteiger partial charge >= 0.3 is 5.69 Å². The number of H-pyrrole nitrogens is 1. The second-order valence-electron chi connectivity index (χ2n) is 5.62. The molecule has 0 saturated carbocycles. The van der Waals surface area contributed by atoms with Gasteiger partial charge in [0.2, 0.25) is 0 Å². The fourth-order valence-corrected chi connectivity index (χ4v) is 2.67. The molecule has 0 amide bonds. The first-order valence-corrected chi connectivity index (χ1v) is 8.16. The van der Waals surface area contributed by atoms with E-state index in [9.17, 15) is 9.59 Å². The normalized spacial score (nSPS) is 11.2. The van der Waals surface area contributed by atoms with Gasteiger partial charge in [-0.1, -0.05) is 39.5 Å². The molecule has 6 nitrogen and oxygen atoms in total. The van der Waals surface area contributed by atoms with Crippen molar-refractivity contribution in [3.63, 3.8) is 0 Å². The third-order valence-corrected chi connectivity index (χ3v) is 3.88. The van der Waals surface area contributed by atoms with Crippen molar-refractivity contribution in [1.82, 2.24) is 19.7 Å². The Morgan fingerprint density at radius 3 is 2.55 bits per heavy atom. The summed E-state index contributed by atoms with van der Waals surface area (Å²) in [6, 6.07) is 0. The molecule has 0 spiro atoms. The summed E-state index contributed by atoms with van der Waals surface area (Å²) < 4.78 is 1.58. The fourth-order valence-electron chi connectivity index (χ4n) is 2.67. The van der Waals surface area contributed by atoms with Gasteiger partial charge in [0.05, 0.1) is 22.8 Å². The van der Waals surface area contributed by atoms with Gasteiger partial charge in [0.15, 0.2) is 0 Å². The minimum Gasteiger partial charge on any atom is -0.290 e. The number of fused-ring (bicyclic) bond motifs is 1. The summed E-state index contributed by atoms with van der Waals surface area (Å²) >= 11 is 0. The number of aromatic amines is 1. The van der Waals surface area contributed by atoms with Crippen molar-refractivity contribution in [1.29, 1.82) is 0 Å². The van der Waals surface area contributed by atoms with Crippen molar-refractivity contribution < 1.29 is 0 Å². The minimum absolute atomic E-state index is 0.263. The Hall–Kier alpha value is -1.98. The number of aromatic nitrogens is 4. The van der Waals surface area contributed by atoms with E-state index < -0.39 is 0 Å². The third-order valence-electron chi connectivity index (χ3n) is 3.88. The van der Waals surface area contributed by atoms with Gasteiger partial charge in [-0.05, 0) is 19.3 Å². The number of nitrogens with one attached hydrogen (secondary N) is 1. The minimum atomic E-state index is -0.275. The van der Waals surface area contributed by atoms with Crippen molar-refractivity contribution in [2.24, 2.45) is 0 Å². The molecule has 0 saturated heterocycles. The summed E-state index contributed by atoms with van der Waals surface area (Å²) in [6.07, 6.45) is 8.32. The van der Waals surface area contributed by atoms with E-state index in [0.29, 0.717) is 29.6 Å². The van der Waals surface area contributed by atoms with Crippen LogP contribution in [0.1, 0.15) is 58.1 Å². The zero-order valence-electron chi connectivity index (χ0n) is 13.4. The predicted molar refractivity (Wildman–Crippen MR) is 87.2 cm³/mol. The van der Waals surface area contributed by atoms with Crippen LogP contribution >= 0.6 is 0 Å². The number of hydrogen-bond acceptors (Lipinski definition) is 4. The van der Waals surface area contributed by atoms with Crippen molar-refractivity contribution in [2.45, 2.75) is 65.3 Å². The number of hydrogen-bond donors (Lipinski definition) is 1. The Kier molecular flexibility index (Phi) is 5.86. The fraction of sp³-hybridized carbons (Fsp3) is 0.625. The maximum atomic E-state index is 12.3. The maximum Gasteiger partial charge on any atom is 0.348 e. The van der Waals surface area contributed by atoms with Crippen LogP contribution in [-0.2, 0) is 13.0 Å². The van der Waals surface area contributed by atoms with Crippen LogP contribution in [0.15, 0.2) is 15.8 Å². The highest BCUT2D eigenvalue weighted by Gasteiger charge is 2.13. The summed E-state index contributed by atoms with van der Waals surface area (Å²) in [7, 11) is 0. The molecule has 0 radical (unpaired) electrons. The Bertz CT molecular complexity index is 733. The van der Waals surface area contributed by atoms with E-state index in [0.717, 1.165) is 38.5 Å². The first kappa shape index (κ1) is 16.4. The molecule has 0 aliphatic rings. The van der Waals surface area contributed by atoms with Gasteiger partial charge in [-0.3, -0.25) is 9.36 Å². The molecular weight excluding hydrogens is 280 g/mol. The number of rotatable bonds is 8. The average Bonchev–Trinajstić information content (AvgIpc) is 2.50. The number of unbranched alkanes of at least 4 members (excludes halogenated alkanes) is 4. The molecule has 120 valence electrons. The van der Waals surface area contributed by atoms with Gasteiger partial charge in [-0.15, -0.1) is 0 Å². The number of nitrogens with zero attached hydrogens (tertiary/aromatic N) is 3. The van der Waals surface area contributed by atoms with E-state index in [4.69, 9.17) is 0 Å². The molecule has 22 heavy (non-hydrogen) atoms. The molecule has 0 unspecified atom stereocenters. The van der Waals surface area contributed by atoms with Crippen molar-refractivity contribution in [2.75, 3.05) is 0 Å². The zero-order valence-corrected chi connectivity index (χ0v) is 13.4. The van der Waals surface area contributed by atoms with E-state index >= 15 is 0 Å². The number of aryl methyl sites for hydroxylation is 2. The lowest BCUT2D eigenvalue weighted by atomic mass is 10.1. The van der Waals surface area contributed by atoms with Crippen LogP contribution in [0.4, 0.5) is 0 Å². The van der Waals surface area contributed by atoms with Gasteiger partial charge < -0.3 is 0 Å². The highest BCUT2D eigenvalue weighted by Crippen LogP contribution is 2.13. The van der Waals surface area contributed by atoms with Crippen LogP contribution in [0, 0.1) is 0 Å². The molecular formula is C16H24N4O2. The summed E-state index contributed by atoms with van der Waals surface area (Å²) in [5.41, 5.74) is 0.665.